The molecule has 1 amide bonds. The van der Waals surface area contributed by atoms with Crippen LogP contribution in [0.1, 0.15) is 11.4 Å². The van der Waals surface area contributed by atoms with Crippen molar-refractivity contribution >= 4 is 17.8 Å². The maximum Gasteiger partial charge on any atom is 0.250 e. The number of aryl methyl sites for hydroxylation is 2. The molecule has 1 rings (SSSR count). The van der Waals surface area contributed by atoms with E-state index < -0.39 is 11.9 Å². The minimum absolute atomic E-state index is 0.144. The van der Waals surface area contributed by atoms with Crippen LogP contribution in [0.4, 0.5) is 5.95 Å². The normalized spacial score (nSPS) is 10.4. The van der Waals surface area contributed by atoms with Crippen LogP contribution in [0.25, 0.3) is 0 Å². The first-order valence-electron chi connectivity index (χ1n) is 4.49. The second-order valence-electron chi connectivity index (χ2n) is 3.12. The van der Waals surface area contributed by atoms with Gasteiger partial charge < -0.3 is 9.90 Å². The Labute approximate surface area is 92.0 Å². The van der Waals surface area contributed by atoms with Gasteiger partial charge in [-0.05, 0) is 26.0 Å². The minimum Gasteiger partial charge on any atom is -0.545 e. The highest BCUT2D eigenvalue weighted by Crippen LogP contribution is 2.03. The lowest BCUT2D eigenvalue weighted by Crippen LogP contribution is -2.20. The standard InChI is InChI=1S/C10H11N3O3/c1-6-5-7(2)12-10(11-6)13-8(14)3-4-9(15)16/h3-5H,1-2H3,(H,15,16)(H,11,12,13,14)/p-1/b4-3+. The van der Waals surface area contributed by atoms with Crippen LogP contribution in [0.15, 0.2) is 18.2 Å². The summed E-state index contributed by atoms with van der Waals surface area (Å²) in [6.45, 7) is 3.53. The summed E-state index contributed by atoms with van der Waals surface area (Å²) in [5, 5.41) is 12.4. The van der Waals surface area contributed by atoms with E-state index in [-0.39, 0.29) is 5.95 Å². The maximum absolute atomic E-state index is 11.2. The zero-order chi connectivity index (χ0) is 12.1. The van der Waals surface area contributed by atoms with E-state index in [4.69, 9.17) is 0 Å². The fourth-order valence-corrected chi connectivity index (χ4v) is 1.08. The maximum atomic E-state index is 11.2. The zero-order valence-corrected chi connectivity index (χ0v) is 8.85. The highest BCUT2D eigenvalue weighted by atomic mass is 16.4. The Kier molecular flexibility index (Phi) is 3.71. The first-order valence-corrected chi connectivity index (χ1v) is 4.49. The highest BCUT2D eigenvalue weighted by Gasteiger charge is 2.02. The van der Waals surface area contributed by atoms with Crippen molar-refractivity contribution in [2.45, 2.75) is 13.8 Å². The molecule has 84 valence electrons. The molecule has 6 nitrogen and oxygen atoms in total. The van der Waals surface area contributed by atoms with Crippen LogP contribution < -0.4 is 10.4 Å². The van der Waals surface area contributed by atoms with E-state index in [1.54, 1.807) is 19.9 Å². The lowest BCUT2D eigenvalue weighted by Gasteiger charge is -2.02. The van der Waals surface area contributed by atoms with E-state index in [9.17, 15) is 14.7 Å². The van der Waals surface area contributed by atoms with Gasteiger partial charge in [-0.2, -0.15) is 0 Å². The molecule has 0 aliphatic carbocycles. The molecular formula is C10H10N3O3-. The lowest BCUT2D eigenvalue weighted by molar-refractivity contribution is -0.297. The van der Waals surface area contributed by atoms with Crippen molar-refractivity contribution in [3.8, 4) is 0 Å². The number of rotatable bonds is 3. The summed E-state index contributed by atoms with van der Waals surface area (Å²) in [5.41, 5.74) is 1.43. The topological polar surface area (TPSA) is 95.0 Å². The van der Waals surface area contributed by atoms with Crippen LogP contribution >= 0.6 is 0 Å². The number of aromatic nitrogens is 2. The van der Waals surface area contributed by atoms with Crippen LogP contribution in [0.2, 0.25) is 0 Å². The second kappa shape index (κ2) is 5.01. The van der Waals surface area contributed by atoms with E-state index in [0.717, 1.165) is 6.08 Å². The predicted octanol–water partition coefficient (Wildman–Crippen LogP) is -0.662. The van der Waals surface area contributed by atoms with Crippen LogP contribution in [-0.4, -0.2) is 21.8 Å². The molecule has 0 aromatic carbocycles. The summed E-state index contributed by atoms with van der Waals surface area (Å²) in [6, 6.07) is 1.76. The molecular weight excluding hydrogens is 210 g/mol. The molecule has 1 aromatic rings. The van der Waals surface area contributed by atoms with Gasteiger partial charge in [-0.15, -0.1) is 0 Å². The van der Waals surface area contributed by atoms with Gasteiger partial charge in [0, 0.05) is 17.5 Å². The summed E-state index contributed by atoms with van der Waals surface area (Å²) in [7, 11) is 0. The number of carbonyl (C=O) groups excluding carboxylic acids is 2. The number of nitrogens with zero attached hydrogens (tertiary/aromatic N) is 2. The Balaban J connectivity index is 2.73. The molecule has 0 aliphatic heterocycles. The number of nitrogens with one attached hydrogen (secondary N) is 1. The summed E-state index contributed by atoms with van der Waals surface area (Å²) in [5.74, 6) is -1.91. The van der Waals surface area contributed by atoms with E-state index in [1.807, 2.05) is 0 Å². The van der Waals surface area contributed by atoms with Crippen molar-refractivity contribution in [1.82, 2.24) is 9.97 Å². The third-order valence-corrected chi connectivity index (χ3v) is 1.59. The predicted molar refractivity (Wildman–Crippen MR) is 54.3 cm³/mol. The van der Waals surface area contributed by atoms with E-state index >= 15 is 0 Å². The number of hydrogen-bond acceptors (Lipinski definition) is 5. The zero-order valence-electron chi connectivity index (χ0n) is 8.85. The Morgan fingerprint density at radius 3 is 2.31 bits per heavy atom. The highest BCUT2D eigenvalue weighted by molar-refractivity contribution is 6.01. The van der Waals surface area contributed by atoms with Crippen LogP contribution in [0.5, 0.6) is 0 Å². The number of anilines is 1. The molecule has 0 radical (unpaired) electrons. The molecule has 1 N–H and O–H groups in total. The number of aliphatic carboxylic acids is 1. The summed E-state index contributed by atoms with van der Waals surface area (Å²) in [4.78, 5) is 29.1. The first-order chi connectivity index (χ1) is 7.47. The third-order valence-electron chi connectivity index (χ3n) is 1.59. The van der Waals surface area contributed by atoms with E-state index in [0.29, 0.717) is 17.5 Å². The lowest BCUT2D eigenvalue weighted by atomic mass is 10.3. The van der Waals surface area contributed by atoms with Crippen molar-refractivity contribution in [2.24, 2.45) is 0 Å². The van der Waals surface area contributed by atoms with Gasteiger partial charge in [-0.3, -0.25) is 10.1 Å². The third kappa shape index (κ3) is 3.87. The monoisotopic (exact) mass is 220 g/mol. The fraction of sp³-hybridized carbons (Fsp3) is 0.200. The Morgan fingerprint density at radius 2 is 1.81 bits per heavy atom. The second-order valence-corrected chi connectivity index (χ2v) is 3.12. The summed E-state index contributed by atoms with van der Waals surface area (Å²) < 4.78 is 0. The molecule has 16 heavy (non-hydrogen) atoms. The number of amides is 1. The Hall–Kier alpha value is -2.24. The van der Waals surface area contributed by atoms with Gasteiger partial charge in [-0.25, -0.2) is 9.97 Å². The van der Waals surface area contributed by atoms with E-state index in [2.05, 4.69) is 15.3 Å². The molecule has 0 saturated carbocycles. The number of carbonyl (C=O) groups is 2. The average Bonchev–Trinajstić information content (AvgIpc) is 2.12. The van der Waals surface area contributed by atoms with Gasteiger partial charge in [0.1, 0.15) is 0 Å². The smallest absolute Gasteiger partial charge is 0.250 e. The number of carboxylic acid groups (broad SMARTS) is 1. The molecule has 0 bridgehead atoms. The van der Waals surface area contributed by atoms with E-state index in [1.165, 1.54) is 0 Å². The van der Waals surface area contributed by atoms with Crippen molar-refractivity contribution in [1.29, 1.82) is 0 Å². The molecule has 0 atom stereocenters. The molecule has 6 heteroatoms. The number of carboxylic acids is 1. The van der Waals surface area contributed by atoms with Crippen LogP contribution in [0, 0.1) is 13.8 Å². The van der Waals surface area contributed by atoms with Crippen molar-refractivity contribution < 1.29 is 14.7 Å². The van der Waals surface area contributed by atoms with Gasteiger partial charge in [0.25, 0.3) is 5.91 Å². The molecule has 0 aliphatic rings. The average molecular weight is 220 g/mol. The van der Waals surface area contributed by atoms with Gasteiger partial charge in [-0.1, -0.05) is 0 Å². The summed E-state index contributed by atoms with van der Waals surface area (Å²) in [6.07, 6.45) is 1.48. The van der Waals surface area contributed by atoms with Crippen molar-refractivity contribution in [3.05, 3.63) is 29.6 Å². The SMILES string of the molecule is Cc1cc(C)nc(NC(=O)/C=C/C(=O)[O-])n1. The molecule has 0 fully saturated rings. The van der Waals surface area contributed by atoms with Gasteiger partial charge in [0.05, 0.1) is 5.97 Å². The molecule has 1 heterocycles. The summed E-state index contributed by atoms with van der Waals surface area (Å²) >= 11 is 0. The van der Waals surface area contributed by atoms with Crippen LogP contribution in [-0.2, 0) is 9.59 Å². The van der Waals surface area contributed by atoms with Gasteiger partial charge >= 0.3 is 0 Å². The first kappa shape index (κ1) is 11.8. The van der Waals surface area contributed by atoms with Gasteiger partial charge in [0.2, 0.25) is 5.95 Å². The van der Waals surface area contributed by atoms with Crippen LogP contribution in [0.3, 0.4) is 0 Å². The number of hydrogen-bond donors (Lipinski definition) is 1. The minimum atomic E-state index is -1.43. The quantitative estimate of drug-likeness (QED) is 0.682. The largest absolute Gasteiger partial charge is 0.545 e. The molecule has 0 spiro atoms. The Bertz CT molecular complexity index is 434. The van der Waals surface area contributed by atoms with Gasteiger partial charge in [0.15, 0.2) is 0 Å². The van der Waals surface area contributed by atoms with Crippen molar-refractivity contribution in [2.75, 3.05) is 5.32 Å². The fourth-order valence-electron chi connectivity index (χ4n) is 1.08. The van der Waals surface area contributed by atoms with Crippen molar-refractivity contribution in [3.63, 3.8) is 0 Å². The Morgan fingerprint density at radius 1 is 1.25 bits per heavy atom. The molecule has 1 aromatic heterocycles. The molecule has 0 saturated heterocycles. The molecule has 0 unspecified atom stereocenters.